The first-order valence-corrected chi connectivity index (χ1v) is 6.40. The Balaban J connectivity index is 2.09. The van der Waals surface area contributed by atoms with Crippen molar-refractivity contribution in [1.82, 2.24) is 0 Å². The number of nitro groups is 1. The second-order valence-corrected chi connectivity index (χ2v) is 5.00. The second kappa shape index (κ2) is 5.85. The average Bonchev–Trinajstić information content (AvgIpc) is 2.38. The van der Waals surface area contributed by atoms with Gasteiger partial charge in [-0.05, 0) is 25.3 Å². The number of nitrogens with one attached hydrogen (secondary N) is 1. The van der Waals surface area contributed by atoms with Gasteiger partial charge in [0, 0.05) is 17.8 Å². The Morgan fingerprint density at radius 3 is 2.80 bits per heavy atom. The fraction of sp³-hybridized carbons (Fsp3) is 0.462. The van der Waals surface area contributed by atoms with Crippen LogP contribution >= 0.6 is 0 Å². The summed E-state index contributed by atoms with van der Waals surface area (Å²) in [6.07, 6.45) is 2.62. The topological polar surface area (TPSA) is 92.5 Å². The van der Waals surface area contributed by atoms with Crippen LogP contribution in [0.5, 0.6) is 0 Å². The molecule has 1 saturated carbocycles. The smallest absolute Gasteiger partial charge is 0.306 e. The fourth-order valence-corrected chi connectivity index (χ4v) is 2.54. The summed E-state index contributed by atoms with van der Waals surface area (Å²) in [4.78, 5) is 21.0. The summed E-state index contributed by atoms with van der Waals surface area (Å²) in [5.74, 6) is -1.93. The molecule has 1 aliphatic carbocycles. The third kappa shape index (κ3) is 3.43. The van der Waals surface area contributed by atoms with Crippen molar-refractivity contribution in [2.75, 3.05) is 5.32 Å². The SMILES string of the molecule is O=C(O)C1CCCC(Nc2cc(F)cc([N+](=O)[O-])c2)C1. The fourth-order valence-electron chi connectivity index (χ4n) is 2.54. The van der Waals surface area contributed by atoms with E-state index in [-0.39, 0.29) is 11.7 Å². The number of anilines is 1. The molecule has 7 heteroatoms. The molecule has 20 heavy (non-hydrogen) atoms. The normalized spacial score (nSPS) is 22.2. The number of halogens is 1. The molecule has 1 aromatic rings. The van der Waals surface area contributed by atoms with E-state index in [2.05, 4.69) is 5.32 Å². The number of carboxylic acids is 1. The molecule has 0 amide bonds. The van der Waals surface area contributed by atoms with Crippen LogP contribution in [0.1, 0.15) is 25.7 Å². The standard InChI is InChI=1S/C13H15FN2O4/c14-9-5-11(7-12(6-9)16(19)20)15-10-3-1-2-8(4-10)13(17)18/h5-8,10,15H,1-4H2,(H,17,18). The zero-order chi connectivity index (χ0) is 14.7. The van der Waals surface area contributed by atoms with Crippen LogP contribution in [-0.4, -0.2) is 22.0 Å². The minimum atomic E-state index is -0.832. The highest BCUT2D eigenvalue weighted by molar-refractivity contribution is 5.70. The number of rotatable bonds is 4. The molecule has 2 unspecified atom stereocenters. The minimum Gasteiger partial charge on any atom is -0.481 e. The molecule has 1 fully saturated rings. The van der Waals surface area contributed by atoms with E-state index < -0.39 is 22.6 Å². The second-order valence-electron chi connectivity index (χ2n) is 5.00. The molecule has 0 saturated heterocycles. The minimum absolute atomic E-state index is 0.105. The molecule has 0 aromatic heterocycles. The van der Waals surface area contributed by atoms with Gasteiger partial charge in [-0.25, -0.2) is 4.39 Å². The van der Waals surface area contributed by atoms with Crippen molar-refractivity contribution >= 4 is 17.3 Å². The first-order chi connectivity index (χ1) is 9.45. The van der Waals surface area contributed by atoms with E-state index in [1.54, 1.807) is 0 Å². The molecular weight excluding hydrogens is 267 g/mol. The number of benzene rings is 1. The van der Waals surface area contributed by atoms with Gasteiger partial charge in [0.1, 0.15) is 5.82 Å². The van der Waals surface area contributed by atoms with Crippen LogP contribution in [0.3, 0.4) is 0 Å². The lowest BCUT2D eigenvalue weighted by molar-refractivity contribution is -0.385. The van der Waals surface area contributed by atoms with Crippen molar-refractivity contribution in [3.05, 3.63) is 34.1 Å². The van der Waals surface area contributed by atoms with E-state index in [0.717, 1.165) is 18.9 Å². The van der Waals surface area contributed by atoms with E-state index in [1.165, 1.54) is 12.1 Å². The average molecular weight is 282 g/mol. The first kappa shape index (κ1) is 14.2. The number of hydrogen-bond acceptors (Lipinski definition) is 4. The van der Waals surface area contributed by atoms with Crippen LogP contribution in [-0.2, 0) is 4.79 Å². The summed E-state index contributed by atoms with van der Waals surface area (Å²) in [6.45, 7) is 0. The van der Waals surface area contributed by atoms with Crippen LogP contribution in [0.25, 0.3) is 0 Å². The van der Waals surface area contributed by atoms with Gasteiger partial charge < -0.3 is 10.4 Å². The lowest BCUT2D eigenvalue weighted by Crippen LogP contribution is -2.30. The summed E-state index contributed by atoms with van der Waals surface area (Å²) >= 11 is 0. The van der Waals surface area contributed by atoms with Gasteiger partial charge in [0.05, 0.1) is 16.9 Å². The number of hydrogen-bond donors (Lipinski definition) is 2. The molecule has 2 atom stereocenters. The zero-order valence-electron chi connectivity index (χ0n) is 10.7. The van der Waals surface area contributed by atoms with Gasteiger partial charge in [-0.2, -0.15) is 0 Å². The molecule has 0 bridgehead atoms. The molecule has 108 valence electrons. The maximum atomic E-state index is 13.3. The Kier molecular flexibility index (Phi) is 4.16. The van der Waals surface area contributed by atoms with Crippen molar-refractivity contribution in [1.29, 1.82) is 0 Å². The highest BCUT2D eigenvalue weighted by atomic mass is 19.1. The van der Waals surface area contributed by atoms with Crippen molar-refractivity contribution < 1.29 is 19.2 Å². The summed E-state index contributed by atoms with van der Waals surface area (Å²) in [6, 6.07) is 3.18. The summed E-state index contributed by atoms with van der Waals surface area (Å²) in [5, 5.41) is 22.7. The largest absolute Gasteiger partial charge is 0.481 e. The quantitative estimate of drug-likeness (QED) is 0.654. The lowest BCUT2D eigenvalue weighted by atomic mass is 9.85. The molecule has 6 nitrogen and oxygen atoms in total. The van der Waals surface area contributed by atoms with E-state index in [9.17, 15) is 19.3 Å². The highest BCUT2D eigenvalue weighted by Crippen LogP contribution is 2.28. The monoisotopic (exact) mass is 282 g/mol. The van der Waals surface area contributed by atoms with E-state index >= 15 is 0 Å². The molecule has 0 aliphatic heterocycles. The Morgan fingerprint density at radius 1 is 1.40 bits per heavy atom. The van der Waals surface area contributed by atoms with Gasteiger partial charge in [0.25, 0.3) is 5.69 Å². The van der Waals surface area contributed by atoms with Crippen molar-refractivity contribution in [3.8, 4) is 0 Å². The van der Waals surface area contributed by atoms with Crippen molar-refractivity contribution in [3.63, 3.8) is 0 Å². The molecule has 1 aromatic carbocycles. The van der Waals surface area contributed by atoms with Crippen molar-refractivity contribution in [2.24, 2.45) is 5.92 Å². The van der Waals surface area contributed by atoms with Gasteiger partial charge >= 0.3 is 5.97 Å². The van der Waals surface area contributed by atoms with E-state index in [4.69, 9.17) is 5.11 Å². The van der Waals surface area contributed by atoms with Gasteiger partial charge in [0.2, 0.25) is 0 Å². The third-order valence-corrected chi connectivity index (χ3v) is 3.49. The van der Waals surface area contributed by atoms with Crippen LogP contribution in [0, 0.1) is 21.8 Å². The summed E-state index contributed by atoms with van der Waals surface area (Å²) in [7, 11) is 0. The Labute approximate surface area is 114 Å². The van der Waals surface area contributed by atoms with Crippen LogP contribution in [0.2, 0.25) is 0 Å². The van der Waals surface area contributed by atoms with Crippen LogP contribution < -0.4 is 5.32 Å². The molecule has 1 aliphatic rings. The molecule has 0 heterocycles. The predicted molar refractivity (Wildman–Crippen MR) is 70.1 cm³/mol. The number of carboxylic acid groups (broad SMARTS) is 1. The van der Waals surface area contributed by atoms with Gasteiger partial charge in [-0.15, -0.1) is 0 Å². The number of non-ortho nitro benzene ring substituents is 1. The first-order valence-electron chi connectivity index (χ1n) is 6.40. The Morgan fingerprint density at radius 2 is 2.15 bits per heavy atom. The third-order valence-electron chi connectivity index (χ3n) is 3.49. The lowest BCUT2D eigenvalue weighted by Gasteiger charge is -2.28. The maximum absolute atomic E-state index is 13.3. The summed E-state index contributed by atoms with van der Waals surface area (Å²) < 4.78 is 13.3. The number of carbonyl (C=O) groups is 1. The Hall–Kier alpha value is -2.18. The molecule has 2 rings (SSSR count). The van der Waals surface area contributed by atoms with Crippen LogP contribution in [0.15, 0.2) is 18.2 Å². The Bertz CT molecular complexity index is 535. The van der Waals surface area contributed by atoms with Gasteiger partial charge in [0.15, 0.2) is 0 Å². The number of nitro benzene ring substituents is 1. The van der Waals surface area contributed by atoms with Gasteiger partial charge in [-0.1, -0.05) is 6.42 Å². The molecule has 0 spiro atoms. The van der Waals surface area contributed by atoms with Gasteiger partial charge in [-0.3, -0.25) is 14.9 Å². The molecule has 0 radical (unpaired) electrons. The van der Waals surface area contributed by atoms with Crippen molar-refractivity contribution in [2.45, 2.75) is 31.7 Å². The highest BCUT2D eigenvalue weighted by Gasteiger charge is 2.27. The molecular formula is C13H15FN2O4. The summed E-state index contributed by atoms with van der Waals surface area (Å²) in [5.41, 5.74) is -0.00849. The van der Waals surface area contributed by atoms with E-state index in [0.29, 0.717) is 18.5 Å². The zero-order valence-corrected chi connectivity index (χ0v) is 10.7. The predicted octanol–water partition coefficient (Wildman–Crippen LogP) is 2.79. The number of aliphatic carboxylic acids is 1. The maximum Gasteiger partial charge on any atom is 0.306 e. The molecule has 2 N–H and O–H groups in total. The van der Waals surface area contributed by atoms with E-state index in [1.807, 2.05) is 0 Å². The van der Waals surface area contributed by atoms with Crippen LogP contribution in [0.4, 0.5) is 15.8 Å². The number of nitrogens with zero attached hydrogens (tertiary/aromatic N) is 1.